The molecule has 1 aromatic heterocycles. The molecule has 0 saturated carbocycles. The van der Waals surface area contributed by atoms with Gasteiger partial charge in [0.25, 0.3) is 0 Å². The van der Waals surface area contributed by atoms with Crippen LogP contribution in [0.2, 0.25) is 5.02 Å². The summed E-state index contributed by atoms with van der Waals surface area (Å²) >= 11 is 5.93. The summed E-state index contributed by atoms with van der Waals surface area (Å²) in [5.41, 5.74) is 1.32. The number of aromatic nitrogens is 2. The molecular formula is C16H19ClN4O2. The fraction of sp³-hybridized carbons (Fsp3) is 0.312. The molecule has 23 heavy (non-hydrogen) atoms. The highest BCUT2D eigenvalue weighted by Gasteiger charge is 2.16. The second kappa shape index (κ2) is 6.83. The normalized spacial score (nSPS) is 11.0. The Labute approximate surface area is 140 Å². The molecule has 1 aromatic carbocycles. The molecule has 122 valence electrons. The molecule has 6 nitrogen and oxygen atoms in total. The molecule has 0 aliphatic heterocycles. The van der Waals surface area contributed by atoms with Crippen molar-refractivity contribution < 1.29 is 9.53 Å². The van der Waals surface area contributed by atoms with Crippen LogP contribution in [0.4, 0.5) is 22.1 Å². The average Bonchev–Trinajstić information content (AvgIpc) is 2.42. The number of rotatable bonds is 3. The fourth-order valence-corrected chi connectivity index (χ4v) is 2.01. The van der Waals surface area contributed by atoms with E-state index in [1.54, 1.807) is 39.0 Å². The SMILES string of the molecule is Cc1cc(Cl)ccc1Nc1ccc(NC(=O)OC(C)(C)C)nn1. The van der Waals surface area contributed by atoms with Crippen LogP contribution in [0.3, 0.4) is 0 Å². The number of carbonyl (C=O) groups excluding carboxylic acids is 1. The summed E-state index contributed by atoms with van der Waals surface area (Å²) < 4.78 is 5.15. The van der Waals surface area contributed by atoms with Gasteiger partial charge >= 0.3 is 6.09 Å². The lowest BCUT2D eigenvalue weighted by Crippen LogP contribution is -2.27. The molecule has 0 fully saturated rings. The van der Waals surface area contributed by atoms with Gasteiger partial charge in [-0.1, -0.05) is 11.6 Å². The van der Waals surface area contributed by atoms with Crippen LogP contribution in [0.5, 0.6) is 0 Å². The Kier molecular flexibility index (Phi) is 5.05. The van der Waals surface area contributed by atoms with Gasteiger partial charge in [0, 0.05) is 10.7 Å². The second-order valence-corrected chi connectivity index (χ2v) is 6.45. The van der Waals surface area contributed by atoms with Crippen molar-refractivity contribution in [2.75, 3.05) is 10.6 Å². The highest BCUT2D eigenvalue weighted by molar-refractivity contribution is 6.30. The van der Waals surface area contributed by atoms with Gasteiger partial charge in [-0.3, -0.25) is 5.32 Å². The van der Waals surface area contributed by atoms with Crippen molar-refractivity contribution >= 4 is 35.0 Å². The molecule has 2 N–H and O–H groups in total. The molecule has 2 aromatic rings. The number of halogens is 1. The van der Waals surface area contributed by atoms with Crippen molar-refractivity contribution in [3.05, 3.63) is 40.9 Å². The molecule has 2 rings (SSSR count). The molecule has 0 saturated heterocycles. The van der Waals surface area contributed by atoms with Crippen molar-refractivity contribution in [2.24, 2.45) is 0 Å². The summed E-state index contributed by atoms with van der Waals surface area (Å²) in [6.07, 6.45) is -0.568. The maximum absolute atomic E-state index is 11.7. The molecule has 0 unspecified atom stereocenters. The molecule has 0 bridgehead atoms. The predicted octanol–water partition coefficient (Wildman–Crippen LogP) is 4.53. The first-order valence-corrected chi connectivity index (χ1v) is 7.48. The third kappa shape index (κ3) is 5.41. The molecule has 0 atom stereocenters. The average molecular weight is 335 g/mol. The largest absolute Gasteiger partial charge is 0.444 e. The van der Waals surface area contributed by atoms with E-state index in [1.807, 2.05) is 19.1 Å². The molecule has 0 aliphatic carbocycles. The van der Waals surface area contributed by atoms with Gasteiger partial charge in [-0.05, 0) is 63.6 Å². The van der Waals surface area contributed by atoms with Gasteiger partial charge in [0.1, 0.15) is 5.60 Å². The topological polar surface area (TPSA) is 76.1 Å². The third-order valence-corrected chi connectivity index (χ3v) is 2.98. The molecule has 0 spiro atoms. The minimum absolute atomic E-state index is 0.317. The number of ether oxygens (including phenoxy) is 1. The van der Waals surface area contributed by atoms with Crippen LogP contribution in [-0.2, 0) is 4.74 Å². The number of carbonyl (C=O) groups is 1. The summed E-state index contributed by atoms with van der Waals surface area (Å²) in [5, 5.41) is 14.3. The second-order valence-electron chi connectivity index (χ2n) is 6.01. The minimum atomic E-state index is -0.568. The van der Waals surface area contributed by atoms with Gasteiger partial charge in [-0.2, -0.15) is 0 Å². The molecule has 1 heterocycles. The Balaban J connectivity index is 2.01. The standard InChI is InChI=1S/C16H19ClN4O2/c1-10-9-11(17)5-6-12(10)18-13-7-8-14(21-20-13)19-15(22)23-16(2,3)4/h5-9H,1-4H3,(H,18,20)(H,19,21,22). The first kappa shape index (κ1) is 17.0. The number of hydrogen-bond donors (Lipinski definition) is 2. The highest BCUT2D eigenvalue weighted by atomic mass is 35.5. The van der Waals surface area contributed by atoms with Gasteiger partial charge in [0.15, 0.2) is 11.6 Å². The number of anilines is 3. The predicted molar refractivity (Wildman–Crippen MR) is 91.4 cm³/mol. The zero-order valence-corrected chi connectivity index (χ0v) is 14.2. The van der Waals surface area contributed by atoms with Crippen LogP contribution < -0.4 is 10.6 Å². The summed E-state index contributed by atoms with van der Waals surface area (Å²) in [6.45, 7) is 7.32. The van der Waals surface area contributed by atoms with Gasteiger partial charge in [0.2, 0.25) is 0 Å². The lowest BCUT2D eigenvalue weighted by atomic mass is 10.2. The molecule has 0 radical (unpaired) electrons. The summed E-state index contributed by atoms with van der Waals surface area (Å²) in [4.78, 5) is 11.7. The summed E-state index contributed by atoms with van der Waals surface area (Å²) in [5.74, 6) is 0.878. The fourth-order valence-electron chi connectivity index (χ4n) is 1.78. The Morgan fingerprint density at radius 2 is 1.78 bits per heavy atom. The van der Waals surface area contributed by atoms with E-state index < -0.39 is 11.7 Å². The number of hydrogen-bond acceptors (Lipinski definition) is 5. The first-order chi connectivity index (χ1) is 10.7. The lowest BCUT2D eigenvalue weighted by molar-refractivity contribution is 0.0635. The number of amides is 1. The zero-order valence-electron chi connectivity index (χ0n) is 13.5. The van der Waals surface area contributed by atoms with E-state index in [9.17, 15) is 4.79 Å². The van der Waals surface area contributed by atoms with Crippen LogP contribution in [0.25, 0.3) is 0 Å². The van der Waals surface area contributed by atoms with E-state index in [4.69, 9.17) is 16.3 Å². The Morgan fingerprint density at radius 3 is 2.35 bits per heavy atom. The van der Waals surface area contributed by atoms with E-state index in [0.29, 0.717) is 16.7 Å². The van der Waals surface area contributed by atoms with Gasteiger partial charge in [0.05, 0.1) is 0 Å². The monoisotopic (exact) mass is 334 g/mol. The van der Waals surface area contributed by atoms with E-state index in [2.05, 4.69) is 20.8 Å². The van der Waals surface area contributed by atoms with Gasteiger partial charge in [-0.25, -0.2) is 4.79 Å². The first-order valence-electron chi connectivity index (χ1n) is 7.10. The summed E-state index contributed by atoms with van der Waals surface area (Å²) in [6, 6.07) is 8.88. The molecule has 7 heteroatoms. The van der Waals surface area contributed by atoms with Gasteiger partial charge in [-0.15, -0.1) is 10.2 Å². The minimum Gasteiger partial charge on any atom is -0.444 e. The Morgan fingerprint density at radius 1 is 1.13 bits per heavy atom. The van der Waals surface area contributed by atoms with Crippen LogP contribution in [0.1, 0.15) is 26.3 Å². The lowest BCUT2D eigenvalue weighted by Gasteiger charge is -2.19. The Hall–Kier alpha value is -2.34. The zero-order chi connectivity index (χ0) is 17.0. The highest BCUT2D eigenvalue weighted by Crippen LogP contribution is 2.22. The van der Waals surface area contributed by atoms with Crippen molar-refractivity contribution in [2.45, 2.75) is 33.3 Å². The number of nitrogens with one attached hydrogen (secondary N) is 2. The number of benzene rings is 1. The van der Waals surface area contributed by atoms with Crippen LogP contribution in [-0.4, -0.2) is 21.9 Å². The van der Waals surface area contributed by atoms with Crippen molar-refractivity contribution in [3.8, 4) is 0 Å². The van der Waals surface area contributed by atoms with Crippen molar-refractivity contribution in [1.82, 2.24) is 10.2 Å². The van der Waals surface area contributed by atoms with E-state index >= 15 is 0 Å². The van der Waals surface area contributed by atoms with Crippen molar-refractivity contribution in [3.63, 3.8) is 0 Å². The number of nitrogens with zero attached hydrogens (tertiary/aromatic N) is 2. The maximum Gasteiger partial charge on any atom is 0.413 e. The third-order valence-electron chi connectivity index (χ3n) is 2.74. The molecule has 1 amide bonds. The summed E-state index contributed by atoms with van der Waals surface area (Å²) in [7, 11) is 0. The smallest absolute Gasteiger partial charge is 0.413 e. The molecule has 0 aliphatic rings. The van der Waals surface area contributed by atoms with E-state index in [1.165, 1.54) is 0 Å². The Bertz CT molecular complexity index is 696. The van der Waals surface area contributed by atoms with E-state index in [-0.39, 0.29) is 0 Å². The van der Waals surface area contributed by atoms with E-state index in [0.717, 1.165) is 11.3 Å². The van der Waals surface area contributed by atoms with Crippen molar-refractivity contribution in [1.29, 1.82) is 0 Å². The number of aryl methyl sites for hydroxylation is 1. The van der Waals surface area contributed by atoms with Gasteiger partial charge < -0.3 is 10.1 Å². The quantitative estimate of drug-likeness (QED) is 0.862. The maximum atomic E-state index is 11.7. The van der Waals surface area contributed by atoms with Crippen LogP contribution in [0, 0.1) is 6.92 Å². The molecular weight excluding hydrogens is 316 g/mol. The van der Waals surface area contributed by atoms with Crippen LogP contribution >= 0.6 is 11.6 Å². The van der Waals surface area contributed by atoms with Crippen LogP contribution in [0.15, 0.2) is 30.3 Å².